The highest BCUT2D eigenvalue weighted by molar-refractivity contribution is 7.95. The van der Waals surface area contributed by atoms with Crippen molar-refractivity contribution in [2.45, 2.75) is 19.8 Å². The third kappa shape index (κ3) is 5.42. The molecule has 3 aromatic carbocycles. The van der Waals surface area contributed by atoms with E-state index in [1.807, 2.05) is 0 Å². The first-order valence-electron chi connectivity index (χ1n) is 9.06. The molecule has 1 N–H and O–H groups in total. The Labute approximate surface area is 161 Å². The lowest BCUT2D eigenvalue weighted by molar-refractivity contribution is -0.275. The third-order valence-electron chi connectivity index (χ3n) is 4.44. The Morgan fingerprint density at radius 3 is 1.33 bits per heavy atom. The van der Waals surface area contributed by atoms with Crippen molar-refractivity contribution >= 4 is 29.3 Å². The molecule has 140 valence electrons. The minimum atomic E-state index is -2.08. The summed E-state index contributed by atoms with van der Waals surface area (Å²) in [6.07, 6.45) is 1.64. The van der Waals surface area contributed by atoms with Gasteiger partial charge in [-0.25, -0.2) is 0 Å². The zero-order valence-electron chi connectivity index (χ0n) is 15.5. The largest absolute Gasteiger partial charge is 0.565 e. The van der Waals surface area contributed by atoms with Crippen LogP contribution in [0.5, 0.6) is 0 Å². The van der Waals surface area contributed by atoms with Gasteiger partial charge in [0.15, 0.2) is 0 Å². The Bertz CT molecular complexity index is 704. The van der Waals surface area contributed by atoms with Crippen LogP contribution in [0.3, 0.4) is 0 Å². The first kappa shape index (κ1) is 20.7. The maximum atomic E-state index is 8.44. The third-order valence-corrected chi connectivity index (χ3v) is 8.96. The predicted molar refractivity (Wildman–Crippen MR) is 113 cm³/mol. The minimum absolute atomic E-state index is 1.23. The molecule has 0 amide bonds. The molecule has 0 atom stereocenters. The van der Waals surface area contributed by atoms with Gasteiger partial charge in [0.05, 0.1) is 6.16 Å². The molecule has 4 heteroatoms. The van der Waals surface area contributed by atoms with Crippen molar-refractivity contribution in [3.8, 4) is 0 Å². The van der Waals surface area contributed by atoms with Crippen LogP contribution in [0, 0.1) is 0 Å². The van der Waals surface area contributed by atoms with Gasteiger partial charge in [-0.1, -0.05) is 67.9 Å². The van der Waals surface area contributed by atoms with E-state index in [0.717, 1.165) is 0 Å². The normalized spacial score (nSPS) is 10.6. The van der Waals surface area contributed by atoms with E-state index in [1.54, 1.807) is 0 Å². The van der Waals surface area contributed by atoms with Crippen molar-refractivity contribution in [1.82, 2.24) is 0 Å². The average Bonchev–Trinajstić information content (AvgIpc) is 2.71. The molecule has 0 aliphatic heterocycles. The van der Waals surface area contributed by atoms with Crippen molar-refractivity contribution < 1.29 is 15.0 Å². The molecule has 0 aromatic heterocycles. The molecule has 27 heavy (non-hydrogen) atoms. The summed E-state index contributed by atoms with van der Waals surface area (Å²) in [5, 5.41) is 19.8. The summed E-state index contributed by atoms with van der Waals surface area (Å²) >= 11 is 0. The van der Waals surface area contributed by atoms with Crippen LogP contribution in [0.2, 0.25) is 0 Å². The number of carbonyl (C=O) groups is 1. The van der Waals surface area contributed by atoms with E-state index in [2.05, 4.69) is 97.9 Å². The van der Waals surface area contributed by atoms with Crippen molar-refractivity contribution in [2.75, 3.05) is 6.16 Å². The van der Waals surface area contributed by atoms with Gasteiger partial charge in [0.1, 0.15) is 23.2 Å². The van der Waals surface area contributed by atoms with Crippen LogP contribution in [0.25, 0.3) is 0 Å². The van der Waals surface area contributed by atoms with E-state index in [4.69, 9.17) is 15.0 Å². The highest BCUT2D eigenvalue weighted by Crippen LogP contribution is 2.55. The fourth-order valence-electron chi connectivity index (χ4n) is 3.28. The topological polar surface area (TPSA) is 60.4 Å². The average molecular weight is 380 g/mol. The molecule has 0 unspecified atom stereocenters. The summed E-state index contributed by atoms with van der Waals surface area (Å²) < 4.78 is 0. The zero-order valence-corrected chi connectivity index (χ0v) is 16.4. The van der Waals surface area contributed by atoms with E-state index in [-0.39, 0.29) is 0 Å². The highest BCUT2D eigenvalue weighted by atomic mass is 31.2. The molecule has 3 aromatic rings. The van der Waals surface area contributed by atoms with Gasteiger partial charge < -0.3 is 15.0 Å². The highest BCUT2D eigenvalue weighted by Gasteiger charge is 2.44. The molecule has 0 fully saturated rings. The Kier molecular flexibility index (Phi) is 8.03. The second-order valence-electron chi connectivity index (χ2n) is 6.16. The summed E-state index contributed by atoms with van der Waals surface area (Å²) in [5.41, 5.74) is 0. The van der Waals surface area contributed by atoms with E-state index in [1.165, 1.54) is 34.9 Å². The minimum Gasteiger partial charge on any atom is -0.565 e. The summed E-state index contributed by atoms with van der Waals surface area (Å²) in [4.78, 5) is 8.44. The van der Waals surface area contributed by atoms with E-state index >= 15 is 0 Å². The van der Waals surface area contributed by atoms with Crippen molar-refractivity contribution in [2.24, 2.45) is 0 Å². The SMILES string of the molecule is CCCC[P+](c1ccccc1)(c1ccccc1)c1ccccc1.O=C([O-])O. The van der Waals surface area contributed by atoms with Crippen LogP contribution in [0.15, 0.2) is 91.0 Å². The number of carboxylic acid groups (broad SMARTS) is 2. The number of hydrogen-bond donors (Lipinski definition) is 1. The molecular formula is C23H25O3P. The van der Waals surface area contributed by atoms with Gasteiger partial charge >= 0.3 is 0 Å². The number of benzene rings is 3. The van der Waals surface area contributed by atoms with Gasteiger partial charge in [-0.2, -0.15) is 0 Å². The molecule has 0 bridgehead atoms. The molecule has 0 saturated heterocycles. The summed E-state index contributed by atoms with van der Waals surface area (Å²) in [6.45, 7) is 2.29. The Morgan fingerprint density at radius 1 is 0.778 bits per heavy atom. The smallest absolute Gasteiger partial charge is 0.249 e. The van der Waals surface area contributed by atoms with Crippen molar-refractivity contribution in [3.05, 3.63) is 91.0 Å². The predicted octanol–water partition coefficient (Wildman–Crippen LogP) is 3.67. The number of unbranched alkanes of at least 4 members (excludes halogenated alkanes) is 1. The van der Waals surface area contributed by atoms with E-state index < -0.39 is 13.4 Å². The fourth-order valence-corrected chi connectivity index (χ4v) is 7.78. The van der Waals surface area contributed by atoms with Gasteiger partial charge in [-0.3, -0.25) is 0 Å². The molecule has 0 spiro atoms. The van der Waals surface area contributed by atoms with Crippen LogP contribution in [0.1, 0.15) is 19.8 Å². The van der Waals surface area contributed by atoms with Crippen LogP contribution in [-0.4, -0.2) is 17.4 Å². The fraction of sp³-hybridized carbons (Fsp3) is 0.174. The Balaban J connectivity index is 0.000000596. The maximum Gasteiger partial charge on any atom is 0.249 e. The summed E-state index contributed by atoms with van der Waals surface area (Å²) in [7, 11) is -1.57. The second kappa shape index (κ2) is 10.5. The van der Waals surface area contributed by atoms with Gasteiger partial charge in [0, 0.05) is 0 Å². The Hall–Kier alpha value is -2.64. The first-order valence-corrected chi connectivity index (χ1v) is 11.0. The standard InChI is InChI=1S/C22H24P.CH2O3/c1-2-3-19-23(20-13-7-4-8-14-20,21-15-9-5-10-16-21)22-17-11-6-12-18-22;2-1(3)4/h4-18H,2-3,19H2,1H3;(H2,2,3,4)/q+1;/p-1. The lowest BCUT2D eigenvalue weighted by Gasteiger charge is -2.27. The van der Waals surface area contributed by atoms with Crippen LogP contribution < -0.4 is 21.0 Å². The second-order valence-corrected chi connectivity index (χ2v) is 9.78. The first-order chi connectivity index (χ1) is 13.1. The zero-order chi connectivity index (χ0) is 19.5. The van der Waals surface area contributed by atoms with Crippen LogP contribution in [0.4, 0.5) is 4.79 Å². The Morgan fingerprint density at radius 2 is 1.07 bits per heavy atom. The van der Waals surface area contributed by atoms with Crippen LogP contribution >= 0.6 is 7.26 Å². The summed E-state index contributed by atoms with van der Waals surface area (Å²) in [5.74, 6) is 0. The van der Waals surface area contributed by atoms with Gasteiger partial charge in [-0.05, 0) is 42.8 Å². The molecule has 0 aliphatic carbocycles. The van der Waals surface area contributed by atoms with Crippen molar-refractivity contribution in [1.29, 1.82) is 0 Å². The van der Waals surface area contributed by atoms with Gasteiger partial charge in [0.25, 0.3) is 0 Å². The van der Waals surface area contributed by atoms with Crippen LogP contribution in [-0.2, 0) is 0 Å². The van der Waals surface area contributed by atoms with E-state index in [0.29, 0.717) is 0 Å². The van der Waals surface area contributed by atoms with Gasteiger partial charge in [0.2, 0.25) is 6.16 Å². The molecular weight excluding hydrogens is 355 g/mol. The lowest BCUT2D eigenvalue weighted by atomic mass is 10.3. The molecule has 0 saturated carbocycles. The molecule has 0 radical (unpaired) electrons. The quantitative estimate of drug-likeness (QED) is 0.664. The van der Waals surface area contributed by atoms with E-state index in [9.17, 15) is 0 Å². The summed E-state index contributed by atoms with van der Waals surface area (Å²) in [6, 6.07) is 33.4. The number of rotatable bonds is 6. The molecule has 3 rings (SSSR count). The maximum absolute atomic E-state index is 8.44. The molecule has 0 heterocycles. The van der Waals surface area contributed by atoms with Crippen molar-refractivity contribution in [3.63, 3.8) is 0 Å². The molecule has 0 aliphatic rings. The number of hydrogen-bond acceptors (Lipinski definition) is 2. The van der Waals surface area contributed by atoms with Gasteiger partial charge in [-0.15, -0.1) is 0 Å². The molecule has 3 nitrogen and oxygen atoms in total. The lowest BCUT2D eigenvalue weighted by Crippen LogP contribution is -2.33. The monoisotopic (exact) mass is 380 g/mol.